The van der Waals surface area contributed by atoms with Crippen LogP contribution in [0.4, 0.5) is 25.1 Å². The predicted molar refractivity (Wildman–Crippen MR) is 258 cm³/mol. The van der Waals surface area contributed by atoms with E-state index in [0.717, 1.165) is 56.2 Å². The molecular weight excluding hydrogens is 886 g/mol. The minimum absolute atomic E-state index is 0.0134. The van der Waals surface area contributed by atoms with Crippen molar-refractivity contribution >= 4 is 35.0 Å². The van der Waals surface area contributed by atoms with E-state index in [1.165, 1.54) is 23.1 Å². The SMILES string of the molecule is Cc1cn2c(NCc3c(F)ccc4c3CCO4)ncc(-c3cc(F)c(C(=O)N(C)C)cc3C)c2n1.Cc1cn2c(NCc3c(F)ccc4c3CCO4)ncc(-c3ccc(C(=O)N(C)C)cc3C)c2n1. The molecular formula is C52H51F3N10O4. The number of hydrogen-bond donors (Lipinski definition) is 2. The molecule has 2 amide bonds. The van der Waals surface area contributed by atoms with Crippen LogP contribution in [-0.2, 0) is 25.9 Å². The number of halogens is 3. The van der Waals surface area contributed by atoms with Gasteiger partial charge in [-0.1, -0.05) is 6.07 Å². The van der Waals surface area contributed by atoms with Gasteiger partial charge in [-0.3, -0.25) is 18.4 Å². The van der Waals surface area contributed by atoms with Gasteiger partial charge in [0.1, 0.15) is 40.2 Å². The number of nitrogens with zero attached hydrogens (tertiary/aromatic N) is 8. The predicted octanol–water partition coefficient (Wildman–Crippen LogP) is 8.94. The van der Waals surface area contributed by atoms with E-state index in [2.05, 4.69) is 25.6 Å². The molecule has 0 unspecified atom stereocenters. The van der Waals surface area contributed by atoms with Crippen LogP contribution >= 0.6 is 0 Å². The Morgan fingerprint density at radius 1 is 0.609 bits per heavy atom. The Morgan fingerprint density at radius 3 is 1.59 bits per heavy atom. The molecule has 17 heteroatoms. The maximum Gasteiger partial charge on any atom is 0.256 e. The zero-order chi connectivity index (χ0) is 48.8. The fraction of sp³-hybridized carbons (Fsp3) is 0.269. The van der Waals surface area contributed by atoms with Gasteiger partial charge in [-0.05, 0) is 98.5 Å². The average molecular weight is 937 g/mol. The number of hydrogen-bond acceptors (Lipinski definition) is 10. The fourth-order valence-corrected chi connectivity index (χ4v) is 8.91. The second kappa shape index (κ2) is 18.6. The Kier molecular flexibility index (Phi) is 12.5. The van der Waals surface area contributed by atoms with E-state index in [-0.39, 0.29) is 36.2 Å². The number of fused-ring (bicyclic) bond motifs is 4. The summed E-state index contributed by atoms with van der Waals surface area (Å²) in [6, 6.07) is 14.7. The third kappa shape index (κ3) is 8.87. The number of aryl methyl sites for hydroxylation is 4. The summed E-state index contributed by atoms with van der Waals surface area (Å²) in [6.45, 7) is 9.20. The lowest BCUT2D eigenvalue weighted by atomic mass is 9.99. The van der Waals surface area contributed by atoms with Crippen LogP contribution in [0.3, 0.4) is 0 Å². The molecule has 69 heavy (non-hydrogen) atoms. The highest BCUT2D eigenvalue weighted by Gasteiger charge is 2.24. The molecule has 0 spiro atoms. The van der Waals surface area contributed by atoms with Crippen LogP contribution in [-0.4, -0.2) is 91.8 Å². The summed E-state index contributed by atoms with van der Waals surface area (Å²) in [5, 5.41) is 6.50. The number of benzene rings is 4. The highest BCUT2D eigenvalue weighted by molar-refractivity contribution is 5.96. The van der Waals surface area contributed by atoms with Crippen LogP contribution in [0.1, 0.15) is 65.5 Å². The molecule has 0 saturated carbocycles. The maximum absolute atomic E-state index is 14.9. The molecule has 0 fully saturated rings. The Labute approximate surface area is 396 Å². The normalized spacial score (nSPS) is 12.5. The molecule has 2 aliphatic rings. The number of amides is 2. The number of ether oxygens (including phenoxy) is 2. The molecule has 0 saturated heterocycles. The highest BCUT2D eigenvalue weighted by Crippen LogP contribution is 2.35. The second-order valence-corrected chi connectivity index (χ2v) is 17.6. The van der Waals surface area contributed by atoms with Crippen LogP contribution in [0.2, 0.25) is 0 Å². The molecule has 0 bridgehead atoms. The quantitative estimate of drug-likeness (QED) is 0.137. The van der Waals surface area contributed by atoms with Crippen molar-refractivity contribution in [1.82, 2.24) is 38.5 Å². The van der Waals surface area contributed by atoms with Crippen LogP contribution in [0.25, 0.3) is 33.5 Å². The van der Waals surface area contributed by atoms with Gasteiger partial charge in [0.15, 0.2) is 0 Å². The third-order valence-electron chi connectivity index (χ3n) is 12.4. The molecule has 4 aromatic carbocycles. The van der Waals surface area contributed by atoms with E-state index in [9.17, 15) is 22.8 Å². The van der Waals surface area contributed by atoms with E-state index >= 15 is 0 Å². The van der Waals surface area contributed by atoms with Crippen molar-refractivity contribution in [3.63, 3.8) is 0 Å². The van der Waals surface area contributed by atoms with Crippen LogP contribution in [0.5, 0.6) is 11.5 Å². The first-order chi connectivity index (χ1) is 33.1. The molecule has 2 N–H and O–H groups in total. The van der Waals surface area contributed by atoms with Crippen molar-refractivity contribution in [2.24, 2.45) is 0 Å². The van der Waals surface area contributed by atoms with E-state index in [4.69, 9.17) is 14.5 Å². The Bertz CT molecular complexity index is 3350. The first-order valence-electron chi connectivity index (χ1n) is 22.5. The lowest BCUT2D eigenvalue weighted by Crippen LogP contribution is -2.23. The summed E-state index contributed by atoms with van der Waals surface area (Å²) < 4.78 is 58.9. The topological polar surface area (TPSA) is 144 Å². The van der Waals surface area contributed by atoms with E-state index in [0.29, 0.717) is 77.2 Å². The summed E-state index contributed by atoms with van der Waals surface area (Å²) in [5.41, 5.74) is 11.2. The van der Waals surface area contributed by atoms with Gasteiger partial charge in [-0.15, -0.1) is 0 Å². The molecule has 10 rings (SSSR count). The molecule has 0 atom stereocenters. The number of carbonyl (C=O) groups excluding carboxylic acids is 2. The van der Waals surface area contributed by atoms with Crippen molar-refractivity contribution in [2.45, 2.75) is 53.6 Å². The second-order valence-electron chi connectivity index (χ2n) is 17.6. The Balaban J connectivity index is 0.000000172. The number of carbonyl (C=O) groups is 2. The van der Waals surface area contributed by atoms with Gasteiger partial charge in [0.25, 0.3) is 11.8 Å². The number of rotatable bonds is 10. The number of aromatic nitrogens is 6. The summed E-state index contributed by atoms with van der Waals surface area (Å²) >= 11 is 0. The van der Waals surface area contributed by atoms with Crippen LogP contribution in [0.15, 0.2) is 79.4 Å². The third-order valence-corrected chi connectivity index (χ3v) is 12.4. The summed E-state index contributed by atoms with van der Waals surface area (Å²) in [4.78, 5) is 46.1. The van der Waals surface area contributed by atoms with Crippen molar-refractivity contribution < 1.29 is 32.2 Å². The van der Waals surface area contributed by atoms with Gasteiger partial charge >= 0.3 is 0 Å². The van der Waals surface area contributed by atoms with Crippen molar-refractivity contribution in [3.05, 3.63) is 153 Å². The lowest BCUT2D eigenvalue weighted by molar-refractivity contribution is 0.0817. The zero-order valence-electron chi connectivity index (χ0n) is 39.6. The monoisotopic (exact) mass is 936 g/mol. The van der Waals surface area contributed by atoms with Gasteiger partial charge in [0.2, 0.25) is 11.9 Å². The molecule has 0 aliphatic carbocycles. The maximum atomic E-state index is 14.9. The molecule has 6 heterocycles. The Morgan fingerprint density at radius 2 is 1.10 bits per heavy atom. The minimum Gasteiger partial charge on any atom is -0.493 e. The summed E-state index contributed by atoms with van der Waals surface area (Å²) in [5.74, 6) is 0.916. The minimum atomic E-state index is -0.608. The van der Waals surface area contributed by atoms with E-state index in [1.807, 2.05) is 62.7 Å². The number of anilines is 2. The first kappa shape index (κ1) is 46.2. The van der Waals surface area contributed by atoms with Crippen LogP contribution < -0.4 is 20.1 Å². The molecule has 0 radical (unpaired) electrons. The highest BCUT2D eigenvalue weighted by atomic mass is 19.1. The zero-order valence-corrected chi connectivity index (χ0v) is 39.6. The summed E-state index contributed by atoms with van der Waals surface area (Å²) in [6.07, 6.45) is 8.47. The van der Waals surface area contributed by atoms with Crippen LogP contribution in [0, 0.1) is 45.1 Å². The van der Waals surface area contributed by atoms with Gasteiger partial charge < -0.3 is 29.9 Å². The Hall–Kier alpha value is -7.95. The molecule has 8 aromatic rings. The van der Waals surface area contributed by atoms with Crippen molar-refractivity contribution in [2.75, 3.05) is 52.0 Å². The molecule has 14 nitrogen and oxygen atoms in total. The van der Waals surface area contributed by atoms with Crippen molar-refractivity contribution in [3.8, 4) is 33.8 Å². The molecule has 354 valence electrons. The largest absolute Gasteiger partial charge is 0.493 e. The standard InChI is InChI=1S/C26H25F2N5O2.C26H26FN5O2/c1-14-9-18(25(34)32(3)4)22(28)10-17(14)20-12-30-26(33-13-15(2)31-24(20)33)29-11-19-16-7-8-35-23(16)6-5-21(19)27;1-15-11-17(25(33)31(3)4)5-6-18(15)21-13-29-26(32-14-16(2)30-24(21)32)28-12-20-19-9-10-34-23(19)8-7-22(20)27/h5-6,9-10,12-13H,7-8,11H2,1-4H3,(H,29,30);5-8,11,13-14H,9-10,12H2,1-4H3,(H,28,29). The first-order valence-corrected chi connectivity index (χ1v) is 22.5. The van der Waals surface area contributed by atoms with Gasteiger partial charge in [-0.25, -0.2) is 33.1 Å². The van der Waals surface area contributed by atoms with Crippen molar-refractivity contribution in [1.29, 1.82) is 0 Å². The van der Waals surface area contributed by atoms with E-state index < -0.39 is 11.7 Å². The summed E-state index contributed by atoms with van der Waals surface area (Å²) in [7, 11) is 6.64. The number of imidazole rings is 2. The van der Waals surface area contributed by atoms with E-state index in [1.54, 1.807) is 68.1 Å². The fourth-order valence-electron chi connectivity index (χ4n) is 8.91. The molecule has 2 aliphatic heterocycles. The van der Waals surface area contributed by atoms with Gasteiger partial charge in [0, 0.05) is 118 Å². The van der Waals surface area contributed by atoms with Gasteiger partial charge in [-0.2, -0.15) is 0 Å². The average Bonchev–Trinajstić information content (AvgIpc) is 4.15. The van der Waals surface area contributed by atoms with Gasteiger partial charge in [0.05, 0.1) is 30.2 Å². The number of nitrogens with one attached hydrogen (secondary N) is 2. The molecule has 4 aromatic heterocycles. The lowest BCUT2D eigenvalue weighted by Gasteiger charge is -2.15. The smallest absolute Gasteiger partial charge is 0.256 e.